The lowest BCUT2D eigenvalue weighted by molar-refractivity contribution is 0.621. The molecule has 148 valence electrons. The lowest BCUT2D eigenvalue weighted by atomic mass is 10.1. The van der Waals surface area contributed by atoms with Gasteiger partial charge < -0.3 is 5.32 Å². The molecule has 0 fully saturated rings. The van der Waals surface area contributed by atoms with Crippen molar-refractivity contribution in [2.45, 2.75) is 6.54 Å². The molecule has 7 heteroatoms. The topological polar surface area (TPSA) is 68.0 Å². The minimum absolute atomic E-state index is 0.113. The summed E-state index contributed by atoms with van der Waals surface area (Å²) < 4.78 is 15.1. The van der Waals surface area contributed by atoms with Crippen LogP contribution in [0.4, 0.5) is 15.9 Å². The second-order valence-electron chi connectivity index (χ2n) is 6.94. The van der Waals surface area contributed by atoms with Gasteiger partial charge in [0.1, 0.15) is 12.0 Å². The Kier molecular flexibility index (Phi) is 4.65. The molecule has 31 heavy (non-hydrogen) atoms. The SMILES string of the molecule is [C-]#[N+]c1ccc2nc(CNc3ncnc(-c4ccc5ncccc5c4)c3F)ccc2c1. The van der Waals surface area contributed by atoms with Gasteiger partial charge in [-0.2, -0.15) is 0 Å². The highest BCUT2D eigenvalue weighted by Gasteiger charge is 2.14. The highest BCUT2D eigenvalue weighted by molar-refractivity contribution is 5.84. The van der Waals surface area contributed by atoms with E-state index in [0.29, 0.717) is 17.8 Å². The van der Waals surface area contributed by atoms with E-state index in [0.717, 1.165) is 27.5 Å². The predicted molar refractivity (Wildman–Crippen MR) is 118 cm³/mol. The summed E-state index contributed by atoms with van der Waals surface area (Å²) in [7, 11) is 0. The third kappa shape index (κ3) is 3.63. The van der Waals surface area contributed by atoms with Gasteiger partial charge in [-0.25, -0.2) is 19.2 Å². The first-order valence-electron chi connectivity index (χ1n) is 9.58. The third-order valence-corrected chi connectivity index (χ3v) is 4.96. The van der Waals surface area contributed by atoms with Crippen molar-refractivity contribution < 1.29 is 4.39 Å². The molecular weight excluding hydrogens is 391 g/mol. The van der Waals surface area contributed by atoms with E-state index in [2.05, 4.69) is 30.1 Å². The Hall–Kier alpha value is -4.44. The molecule has 1 N–H and O–H groups in total. The Bertz CT molecular complexity index is 1470. The molecule has 0 unspecified atom stereocenters. The van der Waals surface area contributed by atoms with Crippen molar-refractivity contribution >= 4 is 33.3 Å². The van der Waals surface area contributed by atoms with Crippen molar-refractivity contribution in [2.24, 2.45) is 0 Å². The van der Waals surface area contributed by atoms with E-state index < -0.39 is 5.82 Å². The summed E-state index contributed by atoms with van der Waals surface area (Å²) >= 11 is 0. The van der Waals surface area contributed by atoms with Crippen molar-refractivity contribution in [3.8, 4) is 11.3 Å². The molecule has 0 spiro atoms. The van der Waals surface area contributed by atoms with Crippen LogP contribution in [0.1, 0.15) is 5.69 Å². The number of anilines is 1. The fourth-order valence-corrected chi connectivity index (χ4v) is 3.41. The molecule has 3 heterocycles. The molecule has 5 aromatic rings. The van der Waals surface area contributed by atoms with Gasteiger partial charge >= 0.3 is 0 Å². The summed E-state index contributed by atoms with van der Waals surface area (Å²) in [4.78, 5) is 20.5. The van der Waals surface area contributed by atoms with E-state index in [1.807, 2.05) is 42.5 Å². The van der Waals surface area contributed by atoms with E-state index >= 15 is 4.39 Å². The van der Waals surface area contributed by atoms with Crippen LogP contribution in [0.3, 0.4) is 0 Å². The van der Waals surface area contributed by atoms with Gasteiger partial charge in [0.05, 0.1) is 29.8 Å². The molecule has 5 rings (SSSR count). The van der Waals surface area contributed by atoms with Crippen molar-refractivity contribution in [3.05, 3.63) is 96.1 Å². The number of benzene rings is 2. The predicted octanol–water partition coefficient (Wildman–Crippen LogP) is 5.54. The number of halogens is 1. The Morgan fingerprint density at radius 1 is 0.903 bits per heavy atom. The Labute approximate surface area is 177 Å². The largest absolute Gasteiger partial charge is 0.362 e. The zero-order valence-electron chi connectivity index (χ0n) is 16.2. The van der Waals surface area contributed by atoms with E-state index in [-0.39, 0.29) is 11.5 Å². The molecule has 0 atom stereocenters. The molecule has 0 aliphatic heterocycles. The summed E-state index contributed by atoms with van der Waals surface area (Å²) in [6.07, 6.45) is 3.06. The zero-order chi connectivity index (χ0) is 21.2. The van der Waals surface area contributed by atoms with Crippen LogP contribution in [0, 0.1) is 12.4 Å². The number of aromatic nitrogens is 4. The number of hydrogen-bond donors (Lipinski definition) is 1. The van der Waals surface area contributed by atoms with Crippen molar-refractivity contribution in [3.63, 3.8) is 0 Å². The second-order valence-corrected chi connectivity index (χ2v) is 6.94. The van der Waals surface area contributed by atoms with Crippen LogP contribution in [0.15, 0.2) is 73.2 Å². The van der Waals surface area contributed by atoms with Gasteiger partial charge in [0.25, 0.3) is 0 Å². The van der Waals surface area contributed by atoms with Crippen molar-refractivity contribution in [1.82, 2.24) is 19.9 Å². The molecule has 3 aromatic heterocycles. The van der Waals surface area contributed by atoms with Gasteiger partial charge in [-0.3, -0.25) is 9.97 Å². The van der Waals surface area contributed by atoms with E-state index in [9.17, 15) is 0 Å². The maximum Gasteiger partial charge on any atom is 0.191 e. The average molecular weight is 406 g/mol. The first-order valence-corrected chi connectivity index (χ1v) is 9.58. The average Bonchev–Trinajstić information content (AvgIpc) is 2.82. The van der Waals surface area contributed by atoms with Crippen LogP contribution in [-0.2, 0) is 6.54 Å². The van der Waals surface area contributed by atoms with Gasteiger partial charge in [-0.05, 0) is 41.8 Å². The summed E-state index contributed by atoms with van der Waals surface area (Å²) in [6.45, 7) is 7.41. The molecule has 0 saturated carbocycles. The number of rotatable bonds is 4. The molecule has 0 aliphatic carbocycles. The van der Waals surface area contributed by atoms with Crippen LogP contribution in [0.25, 0.3) is 37.9 Å². The Balaban J connectivity index is 1.41. The van der Waals surface area contributed by atoms with Gasteiger partial charge in [-0.15, -0.1) is 0 Å². The minimum atomic E-state index is -0.520. The smallest absolute Gasteiger partial charge is 0.191 e. The number of nitrogens with one attached hydrogen (secondary N) is 1. The zero-order valence-corrected chi connectivity index (χ0v) is 16.2. The minimum Gasteiger partial charge on any atom is -0.362 e. The van der Waals surface area contributed by atoms with Gasteiger partial charge in [0, 0.05) is 17.1 Å². The fourth-order valence-electron chi connectivity index (χ4n) is 3.41. The van der Waals surface area contributed by atoms with E-state index in [4.69, 9.17) is 6.57 Å². The first-order chi connectivity index (χ1) is 15.2. The summed E-state index contributed by atoms with van der Waals surface area (Å²) in [5.41, 5.74) is 3.80. The maximum atomic E-state index is 15.1. The molecule has 6 nitrogen and oxygen atoms in total. The first kappa shape index (κ1) is 18.6. The van der Waals surface area contributed by atoms with Gasteiger partial charge in [0.15, 0.2) is 17.3 Å². The quantitative estimate of drug-likeness (QED) is 0.397. The van der Waals surface area contributed by atoms with E-state index in [1.165, 1.54) is 6.33 Å². The monoisotopic (exact) mass is 406 g/mol. The summed E-state index contributed by atoms with van der Waals surface area (Å²) in [6, 6.07) is 18.4. The molecule has 0 saturated heterocycles. The molecule has 0 bridgehead atoms. The number of fused-ring (bicyclic) bond motifs is 2. The number of pyridine rings is 2. The summed E-state index contributed by atoms with van der Waals surface area (Å²) in [5, 5.41) is 4.81. The molecule has 0 radical (unpaired) electrons. The second kappa shape index (κ2) is 7.76. The lowest BCUT2D eigenvalue weighted by Gasteiger charge is -2.10. The highest BCUT2D eigenvalue weighted by atomic mass is 19.1. The Morgan fingerprint density at radius 3 is 2.68 bits per heavy atom. The highest BCUT2D eigenvalue weighted by Crippen LogP contribution is 2.27. The standard InChI is InChI=1S/C24H15FN6/c1-26-18-7-9-21-16(12-18)4-6-19(31-21)13-28-24-22(25)23(29-14-30-24)17-5-8-20-15(11-17)3-2-10-27-20/h2-12,14H,13H2,(H,28,29,30). The van der Waals surface area contributed by atoms with Gasteiger partial charge in [0.2, 0.25) is 0 Å². The maximum absolute atomic E-state index is 15.1. The molecule has 2 aromatic carbocycles. The summed E-state index contributed by atoms with van der Waals surface area (Å²) in [5.74, 6) is -0.408. The van der Waals surface area contributed by atoms with Crippen LogP contribution < -0.4 is 5.32 Å². The van der Waals surface area contributed by atoms with Gasteiger partial charge in [-0.1, -0.05) is 24.3 Å². The normalized spacial score (nSPS) is 10.8. The fraction of sp³-hybridized carbons (Fsp3) is 0.0417. The van der Waals surface area contributed by atoms with Crippen LogP contribution >= 0.6 is 0 Å². The Morgan fingerprint density at radius 2 is 1.77 bits per heavy atom. The number of nitrogens with zero attached hydrogens (tertiary/aromatic N) is 5. The lowest BCUT2D eigenvalue weighted by Crippen LogP contribution is -2.07. The van der Waals surface area contributed by atoms with Crippen LogP contribution in [0.5, 0.6) is 0 Å². The molecular formula is C24H15FN6. The number of hydrogen-bond acceptors (Lipinski definition) is 5. The van der Waals surface area contributed by atoms with Crippen LogP contribution in [0.2, 0.25) is 0 Å². The third-order valence-electron chi connectivity index (χ3n) is 4.96. The van der Waals surface area contributed by atoms with Crippen molar-refractivity contribution in [2.75, 3.05) is 5.32 Å². The molecule has 0 aliphatic rings. The van der Waals surface area contributed by atoms with E-state index in [1.54, 1.807) is 24.4 Å². The van der Waals surface area contributed by atoms with Crippen molar-refractivity contribution in [1.29, 1.82) is 0 Å². The van der Waals surface area contributed by atoms with Crippen LogP contribution in [-0.4, -0.2) is 19.9 Å². The molecule has 0 amide bonds.